The minimum absolute atomic E-state index is 0.109. The molecule has 0 aliphatic carbocycles. The monoisotopic (exact) mass is 383 g/mol. The lowest BCUT2D eigenvalue weighted by atomic mass is 10.1. The lowest BCUT2D eigenvalue weighted by Gasteiger charge is -2.37. The van der Waals surface area contributed by atoms with Crippen LogP contribution >= 0.6 is 0 Å². The Bertz CT molecular complexity index is 871. The van der Waals surface area contributed by atoms with E-state index in [0.717, 1.165) is 11.3 Å². The largest absolute Gasteiger partial charge is 0.497 e. The van der Waals surface area contributed by atoms with Gasteiger partial charge >= 0.3 is 0 Å². The summed E-state index contributed by atoms with van der Waals surface area (Å²) >= 11 is 0. The molecule has 1 aliphatic heterocycles. The Labute approximate surface area is 163 Å². The van der Waals surface area contributed by atoms with Crippen molar-refractivity contribution in [1.82, 2.24) is 9.80 Å². The van der Waals surface area contributed by atoms with Crippen molar-refractivity contribution in [3.05, 3.63) is 59.4 Å². The number of amides is 1. The summed E-state index contributed by atoms with van der Waals surface area (Å²) in [6, 6.07) is 13.6. The molecule has 0 spiro atoms. The number of nitriles is 1. The van der Waals surface area contributed by atoms with Gasteiger partial charge in [-0.2, -0.15) is 5.26 Å². The van der Waals surface area contributed by atoms with Gasteiger partial charge in [0, 0.05) is 31.7 Å². The van der Waals surface area contributed by atoms with Crippen molar-refractivity contribution in [3.63, 3.8) is 0 Å². The molecule has 2 aromatic carbocycles. The number of methoxy groups -OCH3 is 2. The molecule has 1 aliphatic rings. The zero-order valence-corrected chi connectivity index (χ0v) is 15.9. The van der Waals surface area contributed by atoms with Gasteiger partial charge in [0.1, 0.15) is 11.8 Å². The molecule has 1 amide bonds. The van der Waals surface area contributed by atoms with E-state index in [1.54, 1.807) is 18.1 Å². The fourth-order valence-electron chi connectivity index (χ4n) is 3.32. The number of ether oxygens (including phenoxy) is 2. The molecule has 28 heavy (non-hydrogen) atoms. The van der Waals surface area contributed by atoms with Gasteiger partial charge in [0.2, 0.25) is 0 Å². The minimum Gasteiger partial charge on any atom is -0.497 e. The molecule has 0 N–H and O–H groups in total. The number of carbonyl (C=O) groups excluding carboxylic acids is 1. The normalized spacial score (nSPS) is 15.6. The number of carbonyl (C=O) groups is 1. The second-order valence-electron chi connectivity index (χ2n) is 6.48. The van der Waals surface area contributed by atoms with E-state index < -0.39 is 5.82 Å². The Balaban J connectivity index is 1.65. The molecule has 0 aromatic heterocycles. The number of halogens is 1. The Morgan fingerprint density at radius 3 is 2.29 bits per heavy atom. The Morgan fingerprint density at radius 2 is 1.75 bits per heavy atom. The molecular formula is C21H22FN3O3. The lowest BCUT2D eigenvalue weighted by Crippen LogP contribution is -2.49. The van der Waals surface area contributed by atoms with Gasteiger partial charge in [-0.1, -0.05) is 12.1 Å². The minimum atomic E-state index is -0.559. The number of benzene rings is 2. The summed E-state index contributed by atoms with van der Waals surface area (Å²) in [5.41, 5.74) is 1.18. The van der Waals surface area contributed by atoms with E-state index in [1.807, 2.05) is 29.2 Å². The molecule has 7 heteroatoms. The molecule has 1 saturated heterocycles. The first kappa shape index (κ1) is 19.6. The molecule has 2 aromatic rings. The molecule has 1 fully saturated rings. The van der Waals surface area contributed by atoms with Crippen LogP contribution in [0.1, 0.15) is 22.0 Å². The van der Waals surface area contributed by atoms with Crippen LogP contribution < -0.4 is 9.47 Å². The first-order chi connectivity index (χ1) is 13.6. The van der Waals surface area contributed by atoms with E-state index in [2.05, 4.69) is 6.07 Å². The van der Waals surface area contributed by atoms with E-state index >= 15 is 0 Å². The van der Waals surface area contributed by atoms with Crippen molar-refractivity contribution in [3.8, 4) is 17.6 Å². The van der Waals surface area contributed by atoms with Crippen molar-refractivity contribution in [2.75, 3.05) is 40.4 Å². The molecule has 0 bridgehead atoms. The van der Waals surface area contributed by atoms with Gasteiger partial charge in [-0.3, -0.25) is 9.69 Å². The number of piperazine rings is 1. The van der Waals surface area contributed by atoms with Gasteiger partial charge in [0.15, 0.2) is 11.6 Å². The van der Waals surface area contributed by atoms with Gasteiger partial charge < -0.3 is 14.4 Å². The van der Waals surface area contributed by atoms with Crippen molar-refractivity contribution < 1.29 is 18.7 Å². The molecule has 146 valence electrons. The van der Waals surface area contributed by atoms with E-state index in [1.165, 1.54) is 19.2 Å². The highest BCUT2D eigenvalue weighted by Crippen LogP contribution is 2.25. The van der Waals surface area contributed by atoms with Crippen LogP contribution in [0, 0.1) is 17.1 Å². The highest BCUT2D eigenvalue weighted by Gasteiger charge is 2.28. The fraction of sp³-hybridized carbons (Fsp3) is 0.333. The molecular weight excluding hydrogens is 361 g/mol. The Kier molecular flexibility index (Phi) is 6.12. The molecule has 3 rings (SSSR count). The quantitative estimate of drug-likeness (QED) is 0.794. The summed E-state index contributed by atoms with van der Waals surface area (Å²) in [4.78, 5) is 16.4. The van der Waals surface area contributed by atoms with Crippen LogP contribution in [0.25, 0.3) is 0 Å². The average Bonchev–Trinajstić information content (AvgIpc) is 2.74. The summed E-state index contributed by atoms with van der Waals surface area (Å²) in [5, 5.41) is 9.63. The summed E-state index contributed by atoms with van der Waals surface area (Å²) in [7, 11) is 2.98. The van der Waals surface area contributed by atoms with Gasteiger partial charge in [-0.25, -0.2) is 4.39 Å². The Hall–Kier alpha value is -3.11. The first-order valence-corrected chi connectivity index (χ1v) is 8.97. The Morgan fingerprint density at radius 1 is 1.07 bits per heavy atom. The third kappa shape index (κ3) is 4.07. The highest BCUT2D eigenvalue weighted by molar-refractivity contribution is 5.94. The average molecular weight is 383 g/mol. The smallest absolute Gasteiger partial charge is 0.254 e. The first-order valence-electron chi connectivity index (χ1n) is 8.97. The summed E-state index contributed by atoms with van der Waals surface area (Å²) in [6.45, 7) is 2.07. The van der Waals surface area contributed by atoms with Crippen LogP contribution in [0.5, 0.6) is 11.5 Å². The molecule has 0 radical (unpaired) electrons. The maximum absolute atomic E-state index is 13.9. The fourth-order valence-corrected chi connectivity index (χ4v) is 3.32. The van der Waals surface area contributed by atoms with E-state index in [0.29, 0.717) is 31.7 Å². The van der Waals surface area contributed by atoms with E-state index in [-0.39, 0.29) is 17.7 Å². The topological polar surface area (TPSA) is 65.8 Å². The van der Waals surface area contributed by atoms with Crippen molar-refractivity contribution in [1.29, 1.82) is 5.26 Å². The van der Waals surface area contributed by atoms with Crippen LogP contribution in [0.3, 0.4) is 0 Å². The zero-order valence-electron chi connectivity index (χ0n) is 15.9. The number of nitrogens with zero attached hydrogens (tertiary/aromatic N) is 3. The standard InChI is InChI=1S/C21H22FN3O3/c1-27-17-6-3-15(4-7-17)19(14-23)24-9-11-25(12-10-24)21(26)16-5-8-20(28-2)18(22)13-16/h3-8,13,19H,9-12H2,1-2H3. The molecule has 0 saturated carbocycles. The summed E-state index contributed by atoms with van der Waals surface area (Å²) < 4.78 is 23.9. The van der Waals surface area contributed by atoms with Crippen molar-refractivity contribution in [2.45, 2.75) is 6.04 Å². The van der Waals surface area contributed by atoms with Crippen LogP contribution in [0.2, 0.25) is 0 Å². The third-order valence-electron chi connectivity index (χ3n) is 4.92. The maximum Gasteiger partial charge on any atom is 0.254 e. The molecule has 1 atom stereocenters. The SMILES string of the molecule is COc1ccc(C(C#N)N2CCN(C(=O)c3ccc(OC)c(F)c3)CC2)cc1. The van der Waals surface area contributed by atoms with Crippen molar-refractivity contribution in [2.24, 2.45) is 0 Å². The van der Waals surface area contributed by atoms with Crippen LogP contribution in [-0.4, -0.2) is 56.1 Å². The van der Waals surface area contributed by atoms with Crippen molar-refractivity contribution >= 4 is 5.91 Å². The zero-order chi connectivity index (χ0) is 20.1. The van der Waals surface area contributed by atoms with Gasteiger partial charge in [0.25, 0.3) is 5.91 Å². The summed E-state index contributed by atoms with van der Waals surface area (Å²) in [6.07, 6.45) is 0. The maximum atomic E-state index is 13.9. The van der Waals surface area contributed by atoms with E-state index in [4.69, 9.17) is 9.47 Å². The predicted octanol–water partition coefficient (Wildman–Crippen LogP) is 2.87. The number of hydrogen-bond acceptors (Lipinski definition) is 5. The van der Waals surface area contributed by atoms with Gasteiger partial charge in [-0.05, 0) is 35.9 Å². The highest BCUT2D eigenvalue weighted by atomic mass is 19.1. The van der Waals surface area contributed by atoms with Gasteiger partial charge in [0.05, 0.1) is 20.3 Å². The number of rotatable bonds is 5. The third-order valence-corrected chi connectivity index (χ3v) is 4.92. The van der Waals surface area contributed by atoms with Crippen LogP contribution in [-0.2, 0) is 0 Å². The van der Waals surface area contributed by atoms with Crippen LogP contribution in [0.15, 0.2) is 42.5 Å². The van der Waals surface area contributed by atoms with Gasteiger partial charge in [-0.15, -0.1) is 0 Å². The molecule has 6 nitrogen and oxygen atoms in total. The second kappa shape index (κ2) is 8.72. The van der Waals surface area contributed by atoms with Crippen LogP contribution in [0.4, 0.5) is 4.39 Å². The predicted molar refractivity (Wildman–Crippen MR) is 102 cm³/mol. The number of hydrogen-bond donors (Lipinski definition) is 0. The second-order valence-corrected chi connectivity index (χ2v) is 6.48. The molecule has 1 unspecified atom stereocenters. The lowest BCUT2D eigenvalue weighted by molar-refractivity contribution is 0.0606. The molecule has 1 heterocycles. The van der Waals surface area contributed by atoms with E-state index in [9.17, 15) is 14.4 Å². The summed E-state index contributed by atoms with van der Waals surface area (Å²) in [5.74, 6) is 0.0653.